The monoisotopic (exact) mass is 297 g/mol. The van der Waals surface area contributed by atoms with Gasteiger partial charge in [0.05, 0.1) is 19.9 Å². The van der Waals surface area contributed by atoms with Crippen molar-refractivity contribution in [2.45, 2.75) is 6.92 Å². The first kappa shape index (κ1) is 14.1. The van der Waals surface area contributed by atoms with E-state index in [4.69, 9.17) is 13.9 Å². The summed E-state index contributed by atoms with van der Waals surface area (Å²) in [5.41, 5.74) is 2.16. The van der Waals surface area contributed by atoms with Crippen LogP contribution in [0.25, 0.3) is 28.0 Å². The Kier molecular flexibility index (Phi) is 3.78. The third-order valence-electron chi connectivity index (χ3n) is 3.33. The molecule has 0 N–H and O–H groups in total. The number of methoxy groups -OCH3 is 1. The van der Waals surface area contributed by atoms with Crippen molar-refractivity contribution < 1.29 is 18.7 Å². The summed E-state index contributed by atoms with van der Waals surface area (Å²) in [5.74, 6) is 0.264. The van der Waals surface area contributed by atoms with Gasteiger partial charge in [-0.1, -0.05) is 6.07 Å². The van der Waals surface area contributed by atoms with Crippen LogP contribution in [0.5, 0.6) is 5.75 Å². The van der Waals surface area contributed by atoms with E-state index >= 15 is 0 Å². The van der Waals surface area contributed by atoms with Gasteiger partial charge >= 0.3 is 5.97 Å². The molecule has 2 heterocycles. The van der Waals surface area contributed by atoms with Crippen molar-refractivity contribution in [2.24, 2.45) is 0 Å². The molecule has 0 aliphatic carbocycles. The van der Waals surface area contributed by atoms with Crippen LogP contribution < -0.4 is 4.74 Å². The third-order valence-corrected chi connectivity index (χ3v) is 3.33. The van der Waals surface area contributed by atoms with Gasteiger partial charge in [-0.25, -0.2) is 4.79 Å². The summed E-state index contributed by atoms with van der Waals surface area (Å²) in [6.07, 6.45) is 6.49. The maximum Gasteiger partial charge on any atom is 0.330 e. The van der Waals surface area contributed by atoms with Gasteiger partial charge in [-0.15, -0.1) is 0 Å². The molecular formula is C17H15NO4. The topological polar surface area (TPSA) is 61.6 Å². The predicted octanol–water partition coefficient (Wildman–Crippen LogP) is 3.57. The largest absolute Gasteiger partial charge is 0.493 e. The van der Waals surface area contributed by atoms with Crippen molar-refractivity contribution in [1.29, 1.82) is 0 Å². The van der Waals surface area contributed by atoms with E-state index in [1.807, 2.05) is 18.2 Å². The molecule has 112 valence electrons. The van der Waals surface area contributed by atoms with E-state index in [2.05, 4.69) is 4.98 Å². The summed E-state index contributed by atoms with van der Waals surface area (Å²) in [6.45, 7) is 2.12. The molecule has 0 amide bonds. The van der Waals surface area contributed by atoms with Crippen molar-refractivity contribution >= 4 is 34.0 Å². The number of hydrogen-bond acceptors (Lipinski definition) is 5. The number of aromatic nitrogens is 1. The minimum absolute atomic E-state index is 0.349. The summed E-state index contributed by atoms with van der Waals surface area (Å²) in [6, 6.07) is 5.57. The fourth-order valence-corrected chi connectivity index (χ4v) is 2.38. The van der Waals surface area contributed by atoms with E-state index in [1.165, 1.54) is 6.08 Å². The lowest BCUT2D eigenvalue weighted by Crippen LogP contribution is -1.98. The number of ether oxygens (including phenoxy) is 2. The van der Waals surface area contributed by atoms with Gasteiger partial charge in [-0.2, -0.15) is 0 Å². The molecular weight excluding hydrogens is 282 g/mol. The average molecular weight is 297 g/mol. The van der Waals surface area contributed by atoms with E-state index in [0.717, 1.165) is 16.3 Å². The predicted molar refractivity (Wildman–Crippen MR) is 83.7 cm³/mol. The molecule has 0 unspecified atom stereocenters. The van der Waals surface area contributed by atoms with Crippen LogP contribution in [0.1, 0.15) is 12.5 Å². The minimum atomic E-state index is -0.374. The average Bonchev–Trinajstić information content (AvgIpc) is 2.92. The number of fused-ring (bicyclic) bond motifs is 3. The van der Waals surface area contributed by atoms with Crippen LogP contribution in [-0.4, -0.2) is 24.7 Å². The number of pyridine rings is 1. The second-order valence-electron chi connectivity index (χ2n) is 4.62. The highest BCUT2D eigenvalue weighted by atomic mass is 16.5. The zero-order valence-electron chi connectivity index (χ0n) is 12.3. The molecule has 0 saturated carbocycles. The molecule has 0 radical (unpaired) electrons. The normalized spacial score (nSPS) is 11.4. The SMILES string of the molecule is CCOC(=O)/C=C/c1ccc(OC)c2oc3cnccc3c12. The molecule has 1 aromatic carbocycles. The Labute approximate surface area is 127 Å². The van der Waals surface area contributed by atoms with Gasteiger partial charge in [0.2, 0.25) is 0 Å². The second kappa shape index (κ2) is 5.89. The van der Waals surface area contributed by atoms with E-state index < -0.39 is 0 Å². The number of nitrogens with zero attached hydrogens (tertiary/aromatic N) is 1. The molecule has 5 heteroatoms. The smallest absolute Gasteiger partial charge is 0.330 e. The number of hydrogen-bond donors (Lipinski definition) is 0. The molecule has 3 rings (SSSR count). The standard InChI is InChI=1S/C17H15NO4/c1-3-21-15(19)7-5-11-4-6-13(20-2)17-16(11)12-8-9-18-10-14(12)22-17/h4-10H,3H2,1-2H3/b7-5+. The maximum atomic E-state index is 11.5. The van der Waals surface area contributed by atoms with Crippen LogP contribution in [0.3, 0.4) is 0 Å². The first-order valence-electron chi connectivity index (χ1n) is 6.92. The molecule has 0 spiro atoms. The molecule has 0 aliphatic heterocycles. The number of carbonyl (C=O) groups is 1. The molecule has 5 nitrogen and oxygen atoms in total. The van der Waals surface area contributed by atoms with Crippen LogP contribution in [0.2, 0.25) is 0 Å². The summed E-state index contributed by atoms with van der Waals surface area (Å²) >= 11 is 0. The van der Waals surface area contributed by atoms with Crippen LogP contribution in [-0.2, 0) is 9.53 Å². The van der Waals surface area contributed by atoms with E-state index in [1.54, 1.807) is 32.5 Å². The molecule has 0 saturated heterocycles. The zero-order valence-corrected chi connectivity index (χ0v) is 12.3. The first-order valence-corrected chi connectivity index (χ1v) is 6.92. The number of furan rings is 1. The van der Waals surface area contributed by atoms with Crippen molar-refractivity contribution in [3.8, 4) is 5.75 Å². The Bertz CT molecular complexity index is 864. The van der Waals surface area contributed by atoms with Gasteiger partial charge in [-0.05, 0) is 30.7 Å². The Morgan fingerprint density at radius 2 is 2.23 bits per heavy atom. The second-order valence-corrected chi connectivity index (χ2v) is 4.62. The lowest BCUT2D eigenvalue weighted by Gasteiger charge is -2.03. The van der Waals surface area contributed by atoms with Crippen molar-refractivity contribution in [2.75, 3.05) is 13.7 Å². The number of esters is 1. The Hall–Kier alpha value is -2.82. The van der Waals surface area contributed by atoms with Gasteiger partial charge in [0.25, 0.3) is 0 Å². The number of carbonyl (C=O) groups excluding carboxylic acids is 1. The van der Waals surface area contributed by atoms with Crippen molar-refractivity contribution in [3.63, 3.8) is 0 Å². The molecule has 0 atom stereocenters. The quantitative estimate of drug-likeness (QED) is 0.544. The van der Waals surface area contributed by atoms with Crippen LogP contribution in [0, 0.1) is 0 Å². The van der Waals surface area contributed by atoms with E-state index in [9.17, 15) is 4.79 Å². The van der Waals surface area contributed by atoms with Crippen LogP contribution >= 0.6 is 0 Å². The van der Waals surface area contributed by atoms with Crippen LogP contribution in [0.15, 0.2) is 41.1 Å². The minimum Gasteiger partial charge on any atom is -0.493 e. The molecule has 3 aromatic rings. The van der Waals surface area contributed by atoms with Gasteiger partial charge in [0, 0.05) is 23.0 Å². The summed E-state index contributed by atoms with van der Waals surface area (Å²) in [7, 11) is 1.59. The number of rotatable bonds is 4. The zero-order chi connectivity index (χ0) is 15.5. The van der Waals surface area contributed by atoms with E-state index in [0.29, 0.717) is 23.5 Å². The molecule has 0 fully saturated rings. The lowest BCUT2D eigenvalue weighted by atomic mass is 10.1. The Balaban J connectivity index is 2.20. The fraction of sp³-hybridized carbons (Fsp3) is 0.176. The van der Waals surface area contributed by atoms with Gasteiger partial charge in [0.1, 0.15) is 0 Å². The van der Waals surface area contributed by atoms with Gasteiger partial charge < -0.3 is 13.9 Å². The van der Waals surface area contributed by atoms with Crippen LogP contribution in [0.4, 0.5) is 0 Å². The highest BCUT2D eigenvalue weighted by molar-refractivity contribution is 6.11. The molecule has 22 heavy (non-hydrogen) atoms. The summed E-state index contributed by atoms with van der Waals surface area (Å²) < 4.78 is 16.1. The fourth-order valence-electron chi connectivity index (χ4n) is 2.38. The molecule has 0 aliphatic rings. The third kappa shape index (κ3) is 2.41. The maximum absolute atomic E-state index is 11.5. The van der Waals surface area contributed by atoms with Gasteiger partial charge in [-0.3, -0.25) is 4.98 Å². The number of benzene rings is 1. The van der Waals surface area contributed by atoms with Crippen molar-refractivity contribution in [3.05, 3.63) is 42.2 Å². The first-order chi connectivity index (χ1) is 10.7. The molecule has 0 bridgehead atoms. The van der Waals surface area contributed by atoms with Crippen molar-refractivity contribution in [1.82, 2.24) is 4.98 Å². The van der Waals surface area contributed by atoms with E-state index in [-0.39, 0.29) is 5.97 Å². The summed E-state index contributed by atoms with van der Waals surface area (Å²) in [5, 5.41) is 1.81. The molecule has 2 aromatic heterocycles. The lowest BCUT2D eigenvalue weighted by molar-refractivity contribution is -0.137. The highest BCUT2D eigenvalue weighted by Gasteiger charge is 2.14. The van der Waals surface area contributed by atoms with Gasteiger partial charge in [0.15, 0.2) is 16.9 Å². The summed E-state index contributed by atoms with van der Waals surface area (Å²) in [4.78, 5) is 15.6. The highest BCUT2D eigenvalue weighted by Crippen LogP contribution is 2.37. The Morgan fingerprint density at radius 3 is 3.00 bits per heavy atom. The Morgan fingerprint density at radius 1 is 1.36 bits per heavy atom.